The van der Waals surface area contributed by atoms with Crippen molar-refractivity contribution in [3.05, 3.63) is 29.6 Å². The lowest BCUT2D eigenvalue weighted by molar-refractivity contribution is 0.236. The molecule has 0 bridgehead atoms. The Kier molecular flexibility index (Phi) is 3.45. The third kappa shape index (κ3) is 2.75. The van der Waals surface area contributed by atoms with Gasteiger partial charge in [0.2, 0.25) is 11.0 Å². The van der Waals surface area contributed by atoms with Gasteiger partial charge in [0.1, 0.15) is 12.4 Å². The number of nitrogens with one attached hydrogen (secondary N) is 1. The third-order valence-electron chi connectivity index (χ3n) is 2.04. The van der Waals surface area contributed by atoms with E-state index in [1.807, 2.05) is 0 Å². The van der Waals surface area contributed by atoms with Crippen LogP contribution >= 0.6 is 0 Å². The fourth-order valence-corrected chi connectivity index (χ4v) is 2.15. The predicted molar refractivity (Wildman–Crippen MR) is 57.7 cm³/mol. The summed E-state index contributed by atoms with van der Waals surface area (Å²) in [6.07, 6.45) is 0. The maximum absolute atomic E-state index is 11.8. The molecule has 2 heterocycles. The van der Waals surface area contributed by atoms with Crippen molar-refractivity contribution in [3.63, 3.8) is 0 Å². The molecule has 98 valence electrons. The van der Waals surface area contributed by atoms with Crippen molar-refractivity contribution in [2.45, 2.75) is 25.2 Å². The van der Waals surface area contributed by atoms with E-state index in [0.29, 0.717) is 5.82 Å². The van der Waals surface area contributed by atoms with Crippen LogP contribution in [0.3, 0.4) is 0 Å². The lowest BCUT2D eigenvalue weighted by Crippen LogP contribution is -2.23. The molecule has 18 heavy (non-hydrogen) atoms. The highest BCUT2D eigenvalue weighted by molar-refractivity contribution is 7.89. The molecule has 0 saturated carbocycles. The van der Waals surface area contributed by atoms with Crippen molar-refractivity contribution in [3.8, 4) is 0 Å². The molecule has 0 radical (unpaired) electrons. The highest BCUT2D eigenvalue weighted by Crippen LogP contribution is 2.13. The van der Waals surface area contributed by atoms with Gasteiger partial charge in [-0.15, -0.1) is 0 Å². The van der Waals surface area contributed by atoms with Gasteiger partial charge >= 0.3 is 0 Å². The highest BCUT2D eigenvalue weighted by Gasteiger charge is 2.19. The first-order valence-corrected chi connectivity index (χ1v) is 6.48. The molecule has 0 aliphatic rings. The number of nitrogens with zero attached hydrogens (tertiary/aromatic N) is 2. The first-order valence-electron chi connectivity index (χ1n) is 4.99. The molecule has 0 aromatic carbocycles. The SMILES string of the molecule is Cc1noc(CNS(=O)(=O)c2ccc(CO)o2)n1. The summed E-state index contributed by atoms with van der Waals surface area (Å²) in [5, 5.41) is 12.0. The molecule has 0 atom stereocenters. The maximum atomic E-state index is 11.8. The topological polar surface area (TPSA) is 118 Å². The molecule has 0 unspecified atom stereocenters. The minimum Gasteiger partial charge on any atom is -0.446 e. The quantitative estimate of drug-likeness (QED) is 0.783. The zero-order chi connectivity index (χ0) is 13.2. The van der Waals surface area contributed by atoms with Crippen molar-refractivity contribution in [1.29, 1.82) is 0 Å². The van der Waals surface area contributed by atoms with Gasteiger partial charge in [-0.3, -0.25) is 0 Å². The van der Waals surface area contributed by atoms with Crippen molar-refractivity contribution >= 4 is 10.0 Å². The van der Waals surface area contributed by atoms with Crippen LogP contribution in [0.5, 0.6) is 0 Å². The van der Waals surface area contributed by atoms with Crippen molar-refractivity contribution < 1.29 is 22.5 Å². The van der Waals surface area contributed by atoms with Gasteiger partial charge in [0.05, 0.1) is 6.54 Å². The van der Waals surface area contributed by atoms with Crippen LogP contribution in [0.4, 0.5) is 0 Å². The van der Waals surface area contributed by atoms with Gasteiger partial charge in [0, 0.05) is 0 Å². The minimum atomic E-state index is -3.79. The molecular formula is C9H11N3O5S. The average Bonchev–Trinajstić information content (AvgIpc) is 2.95. The van der Waals surface area contributed by atoms with E-state index in [1.165, 1.54) is 12.1 Å². The second-order valence-corrected chi connectivity index (χ2v) is 5.14. The van der Waals surface area contributed by atoms with E-state index >= 15 is 0 Å². The largest absolute Gasteiger partial charge is 0.446 e. The average molecular weight is 273 g/mol. The van der Waals surface area contributed by atoms with E-state index < -0.39 is 10.0 Å². The Morgan fingerprint density at radius 3 is 2.78 bits per heavy atom. The number of hydrogen-bond acceptors (Lipinski definition) is 7. The zero-order valence-electron chi connectivity index (χ0n) is 9.45. The number of furan rings is 1. The molecule has 9 heteroatoms. The number of aliphatic hydroxyl groups excluding tert-OH is 1. The fraction of sp³-hybridized carbons (Fsp3) is 0.333. The highest BCUT2D eigenvalue weighted by atomic mass is 32.2. The van der Waals surface area contributed by atoms with Crippen LogP contribution in [0.15, 0.2) is 26.2 Å². The molecule has 0 amide bonds. The molecule has 0 spiro atoms. The molecule has 0 saturated heterocycles. The molecule has 0 aliphatic heterocycles. The molecule has 0 aliphatic carbocycles. The van der Waals surface area contributed by atoms with Gasteiger partial charge in [-0.2, -0.15) is 9.71 Å². The Morgan fingerprint density at radius 1 is 1.44 bits per heavy atom. The van der Waals surface area contributed by atoms with Crippen LogP contribution in [0.25, 0.3) is 0 Å². The summed E-state index contributed by atoms with van der Waals surface area (Å²) in [6.45, 7) is 1.14. The lowest BCUT2D eigenvalue weighted by Gasteiger charge is -2.00. The standard InChI is InChI=1S/C9H11N3O5S/c1-6-11-8(17-12-6)4-10-18(14,15)9-3-2-7(5-13)16-9/h2-3,10,13H,4-5H2,1H3. The van der Waals surface area contributed by atoms with E-state index in [0.717, 1.165) is 0 Å². The first-order chi connectivity index (χ1) is 8.51. The Morgan fingerprint density at radius 2 is 2.22 bits per heavy atom. The third-order valence-corrected chi connectivity index (χ3v) is 3.31. The van der Waals surface area contributed by atoms with Crippen LogP contribution < -0.4 is 4.72 Å². The molecular weight excluding hydrogens is 262 g/mol. The number of hydrogen-bond donors (Lipinski definition) is 2. The summed E-state index contributed by atoms with van der Waals surface area (Å²) >= 11 is 0. The number of aliphatic hydroxyl groups is 1. The summed E-state index contributed by atoms with van der Waals surface area (Å²) in [7, 11) is -3.79. The second kappa shape index (κ2) is 4.88. The number of aromatic nitrogens is 2. The predicted octanol–water partition coefficient (Wildman–Crippen LogP) is -0.0582. The van der Waals surface area contributed by atoms with Gasteiger partial charge < -0.3 is 14.0 Å². The zero-order valence-corrected chi connectivity index (χ0v) is 10.3. The molecule has 8 nitrogen and oxygen atoms in total. The summed E-state index contributed by atoms with van der Waals surface area (Å²) in [4.78, 5) is 3.85. The summed E-state index contributed by atoms with van der Waals surface area (Å²) in [5.41, 5.74) is 0. The van der Waals surface area contributed by atoms with Crippen molar-refractivity contribution in [1.82, 2.24) is 14.9 Å². The van der Waals surface area contributed by atoms with E-state index in [2.05, 4.69) is 14.9 Å². The Labute approximate surface area is 103 Å². The molecule has 2 rings (SSSR count). The number of aryl methyl sites for hydroxylation is 1. The molecule has 2 aromatic heterocycles. The van der Waals surface area contributed by atoms with E-state index in [9.17, 15) is 8.42 Å². The van der Waals surface area contributed by atoms with Crippen LogP contribution in [0.1, 0.15) is 17.5 Å². The van der Waals surface area contributed by atoms with Crippen LogP contribution in [0, 0.1) is 6.92 Å². The van der Waals surface area contributed by atoms with Crippen molar-refractivity contribution in [2.24, 2.45) is 0 Å². The minimum absolute atomic E-state index is 0.127. The smallest absolute Gasteiger partial charge is 0.274 e. The Hall–Kier alpha value is -1.71. The normalized spacial score (nSPS) is 11.9. The number of sulfonamides is 1. The van der Waals surface area contributed by atoms with E-state index in [-0.39, 0.29) is 29.9 Å². The monoisotopic (exact) mass is 273 g/mol. The van der Waals surface area contributed by atoms with Crippen LogP contribution in [-0.2, 0) is 23.2 Å². The summed E-state index contributed by atoms with van der Waals surface area (Å²) in [6, 6.07) is 2.64. The molecule has 2 N–H and O–H groups in total. The molecule has 2 aromatic rings. The number of rotatable bonds is 5. The van der Waals surface area contributed by atoms with Gasteiger partial charge in [0.25, 0.3) is 10.0 Å². The lowest BCUT2D eigenvalue weighted by atomic mass is 10.5. The first kappa shape index (κ1) is 12.7. The fourth-order valence-electron chi connectivity index (χ4n) is 1.23. The van der Waals surface area contributed by atoms with Crippen molar-refractivity contribution in [2.75, 3.05) is 0 Å². The summed E-state index contributed by atoms with van der Waals surface area (Å²) in [5.74, 6) is 0.749. The second-order valence-electron chi connectivity index (χ2n) is 3.44. The van der Waals surface area contributed by atoms with E-state index in [4.69, 9.17) is 14.0 Å². The van der Waals surface area contributed by atoms with Gasteiger partial charge in [-0.1, -0.05) is 5.16 Å². The summed E-state index contributed by atoms with van der Waals surface area (Å²) < 4.78 is 35.5. The van der Waals surface area contributed by atoms with Crippen LogP contribution in [-0.4, -0.2) is 23.7 Å². The van der Waals surface area contributed by atoms with Crippen LogP contribution in [0.2, 0.25) is 0 Å². The van der Waals surface area contributed by atoms with E-state index in [1.54, 1.807) is 6.92 Å². The Balaban J connectivity index is 2.07. The van der Waals surface area contributed by atoms with Gasteiger partial charge in [-0.25, -0.2) is 8.42 Å². The maximum Gasteiger partial charge on any atom is 0.274 e. The Bertz CT molecular complexity index is 630. The van der Waals surface area contributed by atoms with Gasteiger partial charge in [-0.05, 0) is 19.1 Å². The molecule has 0 fully saturated rings. The van der Waals surface area contributed by atoms with Gasteiger partial charge in [0.15, 0.2) is 5.82 Å².